The van der Waals surface area contributed by atoms with E-state index in [9.17, 15) is 4.79 Å². The Morgan fingerprint density at radius 3 is 2.69 bits per heavy atom. The Bertz CT molecular complexity index is 367. The highest BCUT2D eigenvalue weighted by Crippen LogP contribution is 2.02. The summed E-state index contributed by atoms with van der Waals surface area (Å²) in [5, 5.41) is 2.88. The van der Waals surface area contributed by atoms with Crippen LogP contribution in [0.4, 0.5) is 0 Å². The van der Waals surface area contributed by atoms with Crippen LogP contribution < -0.4 is 11.1 Å². The van der Waals surface area contributed by atoms with Crippen molar-refractivity contribution in [3.63, 3.8) is 0 Å². The number of carbonyl (C=O) groups excluding carboxylic acids is 1. The van der Waals surface area contributed by atoms with Gasteiger partial charge in [-0.2, -0.15) is 0 Å². The molecule has 86 valence electrons. The summed E-state index contributed by atoms with van der Waals surface area (Å²) in [6.45, 7) is 1.98. The Kier molecular flexibility index (Phi) is 4.85. The summed E-state index contributed by atoms with van der Waals surface area (Å²) in [5.74, 6) is -0.120. The Morgan fingerprint density at radius 1 is 1.56 bits per heavy atom. The van der Waals surface area contributed by atoms with E-state index in [1.54, 1.807) is 24.5 Å². The number of pyridine rings is 1. The Hall–Kier alpha value is -1.49. The van der Waals surface area contributed by atoms with Gasteiger partial charge in [0.15, 0.2) is 0 Å². The molecule has 0 fully saturated rings. The Labute approximate surface area is 100 Å². The van der Waals surface area contributed by atoms with E-state index < -0.39 is 0 Å². The molecule has 0 aromatic carbocycles. The van der Waals surface area contributed by atoms with Crippen LogP contribution in [0.2, 0.25) is 0 Å². The molecule has 5 heteroatoms. The summed E-state index contributed by atoms with van der Waals surface area (Å²) in [6.07, 6.45) is 4.50. The van der Waals surface area contributed by atoms with Gasteiger partial charge >= 0.3 is 0 Å². The molecule has 1 aromatic rings. The normalized spacial score (nSPS) is 11.8. The topological polar surface area (TPSA) is 68.0 Å². The zero-order valence-corrected chi connectivity index (χ0v) is 9.96. The van der Waals surface area contributed by atoms with Crippen molar-refractivity contribution in [2.45, 2.75) is 25.8 Å². The maximum atomic E-state index is 11.8. The van der Waals surface area contributed by atoms with Gasteiger partial charge in [-0.15, -0.1) is 0 Å². The fourth-order valence-corrected chi connectivity index (χ4v) is 1.51. The zero-order valence-electron chi connectivity index (χ0n) is 9.14. The van der Waals surface area contributed by atoms with Gasteiger partial charge in [0.2, 0.25) is 0 Å². The van der Waals surface area contributed by atoms with Crippen molar-refractivity contribution in [1.29, 1.82) is 0 Å². The molecule has 0 spiro atoms. The minimum Gasteiger partial charge on any atom is -0.393 e. The highest BCUT2D eigenvalue weighted by atomic mass is 32.1. The predicted octanol–water partition coefficient (Wildman–Crippen LogP) is 1.27. The summed E-state index contributed by atoms with van der Waals surface area (Å²) >= 11 is 4.82. The van der Waals surface area contributed by atoms with Crippen LogP contribution in [0.25, 0.3) is 0 Å². The first-order chi connectivity index (χ1) is 7.63. The summed E-state index contributed by atoms with van der Waals surface area (Å²) in [6, 6.07) is 3.34. The maximum Gasteiger partial charge on any atom is 0.251 e. The van der Waals surface area contributed by atoms with E-state index in [4.69, 9.17) is 18.0 Å². The van der Waals surface area contributed by atoms with Crippen molar-refractivity contribution in [3.05, 3.63) is 30.1 Å². The summed E-state index contributed by atoms with van der Waals surface area (Å²) in [5.41, 5.74) is 6.05. The first-order valence-electron chi connectivity index (χ1n) is 5.12. The van der Waals surface area contributed by atoms with E-state index in [-0.39, 0.29) is 11.9 Å². The number of nitrogens with one attached hydrogen (secondary N) is 1. The lowest BCUT2D eigenvalue weighted by molar-refractivity contribution is 0.0937. The van der Waals surface area contributed by atoms with Crippen molar-refractivity contribution in [2.75, 3.05) is 0 Å². The zero-order chi connectivity index (χ0) is 12.0. The van der Waals surface area contributed by atoms with Crippen LogP contribution in [0.5, 0.6) is 0 Å². The molecule has 1 amide bonds. The summed E-state index contributed by atoms with van der Waals surface area (Å²) < 4.78 is 0. The van der Waals surface area contributed by atoms with E-state index in [0.29, 0.717) is 17.0 Å². The predicted molar refractivity (Wildman–Crippen MR) is 67.2 cm³/mol. The molecule has 1 atom stereocenters. The first kappa shape index (κ1) is 12.6. The lowest BCUT2D eigenvalue weighted by atomic mass is 10.1. The van der Waals surface area contributed by atoms with Gasteiger partial charge in [0.25, 0.3) is 5.91 Å². The van der Waals surface area contributed by atoms with E-state index in [0.717, 1.165) is 6.42 Å². The molecule has 4 nitrogen and oxygen atoms in total. The number of amides is 1. The van der Waals surface area contributed by atoms with Gasteiger partial charge in [0, 0.05) is 30.4 Å². The maximum absolute atomic E-state index is 11.8. The molecular formula is C11H15N3OS. The highest BCUT2D eigenvalue weighted by molar-refractivity contribution is 7.80. The number of aromatic nitrogens is 1. The van der Waals surface area contributed by atoms with Crippen LogP contribution >= 0.6 is 12.2 Å². The van der Waals surface area contributed by atoms with E-state index >= 15 is 0 Å². The van der Waals surface area contributed by atoms with Crippen LogP contribution in [0.15, 0.2) is 24.5 Å². The number of hydrogen-bond acceptors (Lipinski definition) is 3. The van der Waals surface area contributed by atoms with Crippen LogP contribution in [-0.2, 0) is 0 Å². The highest BCUT2D eigenvalue weighted by Gasteiger charge is 2.12. The number of thiocarbonyl (C=S) groups is 1. The monoisotopic (exact) mass is 237 g/mol. The van der Waals surface area contributed by atoms with Gasteiger partial charge < -0.3 is 11.1 Å². The van der Waals surface area contributed by atoms with Gasteiger partial charge in [0.05, 0.1) is 4.99 Å². The number of rotatable bonds is 5. The number of nitrogens with two attached hydrogens (primary N) is 1. The average molecular weight is 237 g/mol. The Morgan fingerprint density at radius 2 is 2.19 bits per heavy atom. The van der Waals surface area contributed by atoms with E-state index in [1.165, 1.54) is 0 Å². The molecule has 0 aliphatic heterocycles. The van der Waals surface area contributed by atoms with Crippen molar-refractivity contribution in [3.8, 4) is 0 Å². The summed E-state index contributed by atoms with van der Waals surface area (Å²) in [7, 11) is 0. The third kappa shape index (κ3) is 3.94. The molecular weight excluding hydrogens is 222 g/mol. The number of nitrogens with zero attached hydrogens (tertiary/aromatic N) is 1. The standard InChI is InChI=1S/C11H15N3OS/c1-2-9(7-10(12)16)14-11(15)8-3-5-13-6-4-8/h3-6,9H,2,7H2,1H3,(H2,12,16)(H,14,15). The molecule has 1 unspecified atom stereocenters. The van der Waals surface area contributed by atoms with Crippen LogP contribution in [0, 0.1) is 0 Å². The van der Waals surface area contributed by atoms with Gasteiger partial charge in [-0.1, -0.05) is 19.1 Å². The van der Waals surface area contributed by atoms with Gasteiger partial charge in [-0.25, -0.2) is 0 Å². The van der Waals surface area contributed by atoms with Crippen LogP contribution in [-0.4, -0.2) is 21.9 Å². The second-order valence-electron chi connectivity index (χ2n) is 3.48. The lowest BCUT2D eigenvalue weighted by Gasteiger charge is -2.15. The average Bonchev–Trinajstić information content (AvgIpc) is 2.28. The minimum atomic E-state index is -0.120. The molecule has 0 aliphatic rings. The fourth-order valence-electron chi connectivity index (χ4n) is 1.31. The van der Waals surface area contributed by atoms with E-state index in [2.05, 4.69) is 10.3 Å². The smallest absolute Gasteiger partial charge is 0.251 e. The van der Waals surface area contributed by atoms with Gasteiger partial charge in [-0.3, -0.25) is 9.78 Å². The van der Waals surface area contributed by atoms with Crippen LogP contribution in [0.1, 0.15) is 30.1 Å². The quantitative estimate of drug-likeness (QED) is 0.757. The van der Waals surface area contributed by atoms with Crippen molar-refractivity contribution >= 4 is 23.1 Å². The fraction of sp³-hybridized carbons (Fsp3) is 0.364. The molecule has 0 bridgehead atoms. The second kappa shape index (κ2) is 6.17. The van der Waals surface area contributed by atoms with E-state index in [1.807, 2.05) is 6.92 Å². The van der Waals surface area contributed by atoms with Gasteiger partial charge in [-0.05, 0) is 18.6 Å². The SMILES string of the molecule is CCC(CC(N)=S)NC(=O)c1ccncc1. The van der Waals surface area contributed by atoms with Crippen molar-refractivity contribution < 1.29 is 4.79 Å². The minimum absolute atomic E-state index is 0.00170. The molecule has 0 aliphatic carbocycles. The largest absolute Gasteiger partial charge is 0.393 e. The van der Waals surface area contributed by atoms with Crippen LogP contribution in [0.3, 0.4) is 0 Å². The second-order valence-corrected chi connectivity index (χ2v) is 4.01. The molecule has 1 heterocycles. The van der Waals surface area contributed by atoms with Crippen molar-refractivity contribution in [2.24, 2.45) is 5.73 Å². The van der Waals surface area contributed by atoms with Crippen molar-refractivity contribution in [1.82, 2.24) is 10.3 Å². The number of hydrogen-bond donors (Lipinski definition) is 2. The molecule has 16 heavy (non-hydrogen) atoms. The molecule has 0 saturated carbocycles. The van der Waals surface area contributed by atoms with Gasteiger partial charge in [0.1, 0.15) is 0 Å². The molecule has 1 rings (SSSR count). The first-order valence-corrected chi connectivity index (χ1v) is 5.53. The number of carbonyl (C=O) groups is 1. The molecule has 3 N–H and O–H groups in total. The third-order valence-corrected chi connectivity index (χ3v) is 2.38. The molecule has 0 radical (unpaired) electrons. The molecule has 1 aromatic heterocycles. The summed E-state index contributed by atoms with van der Waals surface area (Å²) in [4.78, 5) is 16.0. The Balaban J connectivity index is 2.59. The molecule has 0 saturated heterocycles. The third-order valence-electron chi connectivity index (χ3n) is 2.22. The lowest BCUT2D eigenvalue weighted by Crippen LogP contribution is -2.37.